The summed E-state index contributed by atoms with van der Waals surface area (Å²) in [5, 5.41) is 3.24. The van der Waals surface area contributed by atoms with Gasteiger partial charge in [0.2, 0.25) is 5.91 Å². The van der Waals surface area contributed by atoms with Gasteiger partial charge in [0.25, 0.3) is 0 Å². The molecule has 1 atom stereocenters. The predicted octanol–water partition coefficient (Wildman–Crippen LogP) is 3.52. The van der Waals surface area contributed by atoms with Gasteiger partial charge in [0.1, 0.15) is 0 Å². The summed E-state index contributed by atoms with van der Waals surface area (Å²) in [7, 11) is 0. The van der Waals surface area contributed by atoms with Crippen LogP contribution in [0.3, 0.4) is 0 Å². The second kappa shape index (κ2) is 8.83. The van der Waals surface area contributed by atoms with E-state index in [-0.39, 0.29) is 11.9 Å². The minimum Gasteiger partial charge on any atom is -0.348 e. The lowest BCUT2D eigenvalue weighted by Gasteiger charge is -2.25. The zero-order chi connectivity index (χ0) is 14.9. The van der Waals surface area contributed by atoms with Crippen LogP contribution in [0.4, 0.5) is 0 Å². The van der Waals surface area contributed by atoms with Crippen LogP contribution in [0.15, 0.2) is 30.3 Å². The first-order chi connectivity index (χ1) is 10.3. The lowest BCUT2D eigenvalue weighted by Crippen LogP contribution is -2.36. The summed E-state index contributed by atoms with van der Waals surface area (Å²) in [5.74, 6) is 0.191. The average molecular weight is 288 g/mol. The molecular formula is C18H28N2O. The van der Waals surface area contributed by atoms with E-state index in [9.17, 15) is 4.79 Å². The number of nitrogens with one attached hydrogen (secondary N) is 1. The maximum Gasteiger partial charge on any atom is 0.220 e. The van der Waals surface area contributed by atoms with Crippen molar-refractivity contribution in [3.63, 3.8) is 0 Å². The molecule has 1 aliphatic rings. The Hall–Kier alpha value is -1.35. The number of nitrogens with zero attached hydrogens (tertiary/aromatic N) is 1. The molecule has 1 amide bonds. The average Bonchev–Trinajstić information content (AvgIpc) is 3.01. The highest BCUT2D eigenvalue weighted by atomic mass is 16.1. The van der Waals surface area contributed by atoms with E-state index in [2.05, 4.69) is 41.4 Å². The monoisotopic (exact) mass is 288 g/mol. The van der Waals surface area contributed by atoms with Crippen molar-refractivity contribution >= 4 is 5.91 Å². The van der Waals surface area contributed by atoms with E-state index in [4.69, 9.17) is 0 Å². The van der Waals surface area contributed by atoms with Gasteiger partial charge >= 0.3 is 0 Å². The molecule has 1 fully saturated rings. The molecule has 0 bridgehead atoms. The molecule has 2 rings (SSSR count). The highest BCUT2D eigenvalue weighted by Crippen LogP contribution is 2.18. The smallest absolute Gasteiger partial charge is 0.220 e. The molecule has 3 nitrogen and oxygen atoms in total. The second-order valence-corrected chi connectivity index (χ2v) is 6.00. The first kappa shape index (κ1) is 16.0. The molecule has 1 N–H and O–H groups in total. The van der Waals surface area contributed by atoms with Crippen LogP contribution in [-0.2, 0) is 4.79 Å². The number of carbonyl (C=O) groups excluding carboxylic acids is 1. The summed E-state index contributed by atoms with van der Waals surface area (Å²) in [6.07, 6.45) is 6.50. The van der Waals surface area contributed by atoms with E-state index in [0.29, 0.717) is 6.42 Å². The van der Waals surface area contributed by atoms with Crippen LogP contribution in [0.25, 0.3) is 0 Å². The molecule has 1 aromatic rings. The van der Waals surface area contributed by atoms with Gasteiger partial charge in [0.05, 0.1) is 6.04 Å². The summed E-state index contributed by atoms with van der Waals surface area (Å²) in [5.41, 5.74) is 1.22. The molecule has 0 aliphatic carbocycles. The van der Waals surface area contributed by atoms with E-state index in [1.54, 1.807) is 0 Å². The lowest BCUT2D eigenvalue weighted by atomic mass is 10.1. The molecule has 1 unspecified atom stereocenters. The molecule has 3 heteroatoms. The van der Waals surface area contributed by atoms with Gasteiger partial charge in [-0.25, -0.2) is 0 Å². The Kier molecular flexibility index (Phi) is 6.74. The molecule has 0 saturated carbocycles. The Morgan fingerprint density at radius 1 is 1.19 bits per heavy atom. The van der Waals surface area contributed by atoms with Crippen molar-refractivity contribution < 1.29 is 4.79 Å². The number of amides is 1. The Balaban J connectivity index is 1.93. The summed E-state index contributed by atoms with van der Waals surface area (Å²) < 4.78 is 0. The van der Waals surface area contributed by atoms with Crippen LogP contribution >= 0.6 is 0 Å². The second-order valence-electron chi connectivity index (χ2n) is 6.00. The molecule has 0 spiro atoms. The molecule has 1 aromatic carbocycles. The van der Waals surface area contributed by atoms with Crippen LogP contribution in [0.2, 0.25) is 0 Å². The number of carbonyl (C=O) groups is 1. The lowest BCUT2D eigenvalue weighted by molar-refractivity contribution is -0.122. The zero-order valence-electron chi connectivity index (χ0n) is 13.2. The Labute approximate surface area is 128 Å². The zero-order valence-corrected chi connectivity index (χ0v) is 13.2. The van der Waals surface area contributed by atoms with Crippen LogP contribution < -0.4 is 5.32 Å². The third-order valence-corrected chi connectivity index (χ3v) is 4.18. The van der Waals surface area contributed by atoms with Crippen molar-refractivity contribution in [1.82, 2.24) is 10.2 Å². The quantitative estimate of drug-likeness (QED) is 0.742. The van der Waals surface area contributed by atoms with Crippen molar-refractivity contribution in [2.75, 3.05) is 19.6 Å². The van der Waals surface area contributed by atoms with Crippen molar-refractivity contribution in [2.24, 2.45) is 0 Å². The van der Waals surface area contributed by atoms with Crippen molar-refractivity contribution in [3.05, 3.63) is 35.9 Å². The minimum atomic E-state index is 0.124. The normalized spacial score (nSPS) is 16.8. The number of likely N-dealkylation sites (tertiary alicyclic amines) is 1. The van der Waals surface area contributed by atoms with Crippen molar-refractivity contribution in [2.45, 2.75) is 51.5 Å². The van der Waals surface area contributed by atoms with Gasteiger partial charge in [-0.05, 0) is 37.9 Å². The van der Waals surface area contributed by atoms with Gasteiger partial charge in [0, 0.05) is 13.0 Å². The fourth-order valence-corrected chi connectivity index (χ4v) is 2.95. The van der Waals surface area contributed by atoms with Crippen LogP contribution in [0.5, 0.6) is 0 Å². The maximum absolute atomic E-state index is 12.1. The highest BCUT2D eigenvalue weighted by Gasteiger charge is 2.20. The predicted molar refractivity (Wildman–Crippen MR) is 87.1 cm³/mol. The number of unbranched alkanes of at least 4 members (excludes halogenated alkanes) is 2. The molecule has 0 aromatic heterocycles. The van der Waals surface area contributed by atoms with Crippen LogP contribution in [0, 0.1) is 0 Å². The molecule has 1 saturated heterocycles. The van der Waals surface area contributed by atoms with E-state index in [1.807, 2.05) is 6.07 Å². The number of hydrogen-bond acceptors (Lipinski definition) is 2. The molecule has 21 heavy (non-hydrogen) atoms. The topological polar surface area (TPSA) is 32.3 Å². The van der Waals surface area contributed by atoms with E-state index < -0.39 is 0 Å². The van der Waals surface area contributed by atoms with Gasteiger partial charge in [-0.15, -0.1) is 0 Å². The fraction of sp³-hybridized carbons (Fsp3) is 0.611. The highest BCUT2D eigenvalue weighted by molar-refractivity contribution is 5.76. The minimum absolute atomic E-state index is 0.124. The van der Waals surface area contributed by atoms with Crippen LogP contribution in [-0.4, -0.2) is 30.4 Å². The number of hydrogen-bond donors (Lipinski definition) is 1. The molecular weight excluding hydrogens is 260 g/mol. The molecule has 1 heterocycles. The van der Waals surface area contributed by atoms with Gasteiger partial charge in [-0.2, -0.15) is 0 Å². The molecule has 1 aliphatic heterocycles. The van der Waals surface area contributed by atoms with Gasteiger partial charge < -0.3 is 10.2 Å². The SMILES string of the molecule is CCCCCC(=O)NC(CN1CCCC1)c1ccccc1. The first-order valence-electron chi connectivity index (χ1n) is 8.36. The Bertz CT molecular complexity index is 412. The standard InChI is InChI=1S/C18H28N2O/c1-2-3-5-12-18(21)19-17(15-20-13-8-9-14-20)16-10-6-4-7-11-16/h4,6-7,10-11,17H,2-3,5,8-9,12-15H2,1H3,(H,19,21). The largest absolute Gasteiger partial charge is 0.348 e. The van der Waals surface area contributed by atoms with Crippen LogP contribution in [0.1, 0.15) is 57.1 Å². The van der Waals surface area contributed by atoms with Gasteiger partial charge in [0.15, 0.2) is 0 Å². The first-order valence-corrected chi connectivity index (χ1v) is 8.36. The third-order valence-electron chi connectivity index (χ3n) is 4.18. The number of benzene rings is 1. The van der Waals surface area contributed by atoms with Gasteiger partial charge in [-0.3, -0.25) is 4.79 Å². The number of rotatable bonds is 8. The summed E-state index contributed by atoms with van der Waals surface area (Å²) in [4.78, 5) is 14.6. The summed E-state index contributed by atoms with van der Waals surface area (Å²) in [6.45, 7) is 5.42. The van der Waals surface area contributed by atoms with E-state index in [1.165, 1.54) is 18.4 Å². The molecule has 116 valence electrons. The van der Waals surface area contributed by atoms with E-state index in [0.717, 1.165) is 38.9 Å². The summed E-state index contributed by atoms with van der Waals surface area (Å²) in [6, 6.07) is 10.5. The van der Waals surface area contributed by atoms with Crippen molar-refractivity contribution in [3.8, 4) is 0 Å². The van der Waals surface area contributed by atoms with Gasteiger partial charge in [-0.1, -0.05) is 50.1 Å². The summed E-state index contributed by atoms with van der Waals surface area (Å²) >= 11 is 0. The third kappa shape index (κ3) is 5.50. The van der Waals surface area contributed by atoms with E-state index >= 15 is 0 Å². The Morgan fingerprint density at radius 2 is 1.90 bits per heavy atom. The maximum atomic E-state index is 12.1. The van der Waals surface area contributed by atoms with Crippen molar-refractivity contribution in [1.29, 1.82) is 0 Å². The molecule has 0 radical (unpaired) electrons. The fourth-order valence-electron chi connectivity index (χ4n) is 2.95. The Morgan fingerprint density at radius 3 is 2.57 bits per heavy atom.